The molecule has 0 bridgehead atoms. The topological polar surface area (TPSA) is 155 Å². The summed E-state index contributed by atoms with van der Waals surface area (Å²) in [5, 5.41) is 23.8. The monoisotopic (exact) mass is 784 g/mol. The maximum atomic E-state index is 13.8. The first-order valence-corrected chi connectivity index (χ1v) is 17.4. The number of H-pyrrole nitrogens is 1. The summed E-state index contributed by atoms with van der Waals surface area (Å²) in [5.41, 5.74) is 1.59. The Bertz CT molecular complexity index is 2110. The minimum atomic E-state index is -0.969. The van der Waals surface area contributed by atoms with Crippen LogP contribution < -0.4 is 5.32 Å². The number of aromatic hydroxyl groups is 2. The second-order valence-electron chi connectivity index (χ2n) is 11.4. The number of alkyl carbamates (subject to hydrolysis) is 1. The van der Waals surface area contributed by atoms with E-state index in [9.17, 15) is 24.6 Å². The Labute approximate surface area is 318 Å². The Morgan fingerprint density at radius 3 is 2.17 bits per heavy atom. The first-order chi connectivity index (χ1) is 25.0. The number of ketones is 1. The van der Waals surface area contributed by atoms with Crippen molar-refractivity contribution in [3.8, 4) is 17.2 Å². The van der Waals surface area contributed by atoms with Gasteiger partial charge in [-0.15, -0.1) is 0 Å². The molecular formula is C37H32Cl4N4O7. The number of carbonyl (C=O) groups is 3. The maximum absolute atomic E-state index is 13.8. The van der Waals surface area contributed by atoms with Crippen LogP contribution in [0.1, 0.15) is 52.1 Å². The number of nitrogens with one attached hydrogen (secondary N) is 2. The number of hydrogen-bond acceptors (Lipinski definition) is 8. The zero-order valence-corrected chi connectivity index (χ0v) is 30.6. The summed E-state index contributed by atoms with van der Waals surface area (Å²) >= 11 is 26.4. The van der Waals surface area contributed by atoms with Crippen molar-refractivity contribution in [1.29, 1.82) is 0 Å². The minimum Gasteiger partial charge on any atom is -0.507 e. The number of amides is 1. The number of benzene rings is 3. The van der Waals surface area contributed by atoms with Crippen molar-refractivity contribution >= 4 is 70.0 Å². The second kappa shape index (κ2) is 17.5. The van der Waals surface area contributed by atoms with E-state index >= 15 is 0 Å². The molecule has 0 fully saturated rings. The molecule has 0 aliphatic carbocycles. The van der Waals surface area contributed by atoms with E-state index in [-0.39, 0.29) is 79.8 Å². The van der Waals surface area contributed by atoms with Crippen molar-refractivity contribution in [3.05, 3.63) is 133 Å². The average Bonchev–Trinajstić information content (AvgIpc) is 3.60. The van der Waals surface area contributed by atoms with E-state index in [2.05, 4.69) is 10.3 Å². The third kappa shape index (κ3) is 8.74. The summed E-state index contributed by atoms with van der Waals surface area (Å²) in [4.78, 5) is 46.5. The summed E-state index contributed by atoms with van der Waals surface area (Å²) < 4.78 is 11.5. The molecule has 0 radical (unpaired) electrons. The van der Waals surface area contributed by atoms with Crippen LogP contribution in [0.15, 0.2) is 89.9 Å². The Hall–Kier alpha value is -4.94. The molecule has 4 N–H and O–H groups in total. The maximum Gasteiger partial charge on any atom is 0.408 e. The molecule has 2 heterocycles. The van der Waals surface area contributed by atoms with Crippen LogP contribution in [-0.2, 0) is 20.9 Å². The molecule has 2 aromatic heterocycles. The molecular weight excluding hydrogens is 754 g/mol. The fourth-order valence-corrected chi connectivity index (χ4v) is 6.22. The van der Waals surface area contributed by atoms with E-state index < -0.39 is 23.9 Å². The summed E-state index contributed by atoms with van der Waals surface area (Å²) in [6.45, 7) is 0.206. The molecule has 3 aromatic carbocycles. The lowest BCUT2D eigenvalue weighted by Gasteiger charge is -2.16. The number of hydrogen-bond donors (Lipinski definition) is 4. The Kier molecular flexibility index (Phi) is 12.9. The fourth-order valence-electron chi connectivity index (χ4n) is 5.39. The molecule has 52 heavy (non-hydrogen) atoms. The van der Waals surface area contributed by atoms with Crippen molar-refractivity contribution in [1.82, 2.24) is 14.9 Å². The Morgan fingerprint density at radius 2 is 1.52 bits per heavy atom. The van der Waals surface area contributed by atoms with Crippen LogP contribution in [0.4, 0.5) is 4.79 Å². The number of methoxy groups -OCH3 is 1. The molecule has 0 saturated carbocycles. The Balaban J connectivity index is 1.42. The predicted molar refractivity (Wildman–Crippen MR) is 200 cm³/mol. The third-order valence-electron chi connectivity index (χ3n) is 7.93. The first-order valence-electron chi connectivity index (χ1n) is 15.9. The molecule has 0 saturated heterocycles. The number of carbonyl (C=O) groups excluding carboxylic acids is 3. The van der Waals surface area contributed by atoms with E-state index in [1.54, 1.807) is 30.3 Å². The average molecular weight is 786 g/mol. The number of unbranched alkanes of at least 4 members (excludes halogenated alkanes) is 1. The number of phenols is 2. The van der Waals surface area contributed by atoms with Gasteiger partial charge in [-0.1, -0.05) is 101 Å². The molecule has 15 heteroatoms. The van der Waals surface area contributed by atoms with Crippen LogP contribution >= 0.6 is 46.4 Å². The van der Waals surface area contributed by atoms with E-state index in [0.717, 1.165) is 5.56 Å². The van der Waals surface area contributed by atoms with E-state index in [0.29, 0.717) is 18.4 Å². The van der Waals surface area contributed by atoms with Gasteiger partial charge in [-0.05, 0) is 55.2 Å². The zero-order chi connectivity index (χ0) is 37.4. The van der Waals surface area contributed by atoms with Crippen molar-refractivity contribution in [2.24, 2.45) is 4.99 Å². The van der Waals surface area contributed by atoms with Crippen molar-refractivity contribution < 1.29 is 34.1 Å². The van der Waals surface area contributed by atoms with Gasteiger partial charge >= 0.3 is 12.1 Å². The quantitative estimate of drug-likeness (QED) is 0.0381. The summed E-state index contributed by atoms with van der Waals surface area (Å²) in [6, 6.07) is 21.9. The number of aliphatic imine (C=N–C) groups is 1. The van der Waals surface area contributed by atoms with Crippen LogP contribution in [0.3, 0.4) is 0 Å². The van der Waals surface area contributed by atoms with Gasteiger partial charge in [0.15, 0.2) is 0 Å². The molecule has 0 aliphatic heterocycles. The molecule has 0 spiro atoms. The van der Waals surface area contributed by atoms with Crippen LogP contribution in [0.5, 0.6) is 11.5 Å². The zero-order valence-electron chi connectivity index (χ0n) is 27.5. The third-order valence-corrected chi connectivity index (χ3v) is 9.44. The summed E-state index contributed by atoms with van der Waals surface area (Å²) in [6.07, 6.45) is 0.301. The summed E-state index contributed by atoms with van der Waals surface area (Å²) in [5.74, 6) is -1.60. The number of aromatic amines is 1. The van der Waals surface area contributed by atoms with Gasteiger partial charge in [-0.25, -0.2) is 9.59 Å². The number of halogens is 4. The van der Waals surface area contributed by atoms with Gasteiger partial charge in [0.05, 0.1) is 40.5 Å². The van der Waals surface area contributed by atoms with Crippen LogP contribution in [0.25, 0.3) is 5.69 Å². The smallest absolute Gasteiger partial charge is 0.408 e. The molecule has 1 amide bonds. The Morgan fingerprint density at radius 1 is 0.885 bits per heavy atom. The van der Waals surface area contributed by atoms with E-state index in [1.807, 2.05) is 30.3 Å². The normalized spacial score (nSPS) is 12.0. The highest BCUT2D eigenvalue weighted by atomic mass is 35.5. The van der Waals surface area contributed by atoms with Gasteiger partial charge in [0, 0.05) is 12.1 Å². The fraction of sp³-hybridized carbons (Fsp3) is 0.189. The molecule has 0 unspecified atom stereocenters. The second-order valence-corrected chi connectivity index (χ2v) is 12.9. The van der Waals surface area contributed by atoms with Gasteiger partial charge in [0.25, 0.3) is 0 Å². The van der Waals surface area contributed by atoms with Gasteiger partial charge in [0.1, 0.15) is 39.5 Å². The SMILES string of the molecule is COC(=O)[C@H](CCCCN=C(c1ccccc1O)c1[nH]c(Cl)c(Cl)c1-n1c(C(=O)c2ccccc2O)cc(Cl)c1Cl)NC(=O)OCc1ccccc1. The predicted octanol–water partition coefficient (Wildman–Crippen LogP) is 8.54. The lowest BCUT2D eigenvalue weighted by molar-refractivity contribution is -0.143. The highest BCUT2D eigenvalue weighted by Crippen LogP contribution is 2.40. The lowest BCUT2D eigenvalue weighted by Crippen LogP contribution is -2.41. The molecule has 270 valence electrons. The van der Waals surface area contributed by atoms with Crippen LogP contribution in [0.2, 0.25) is 20.4 Å². The summed E-state index contributed by atoms with van der Waals surface area (Å²) in [7, 11) is 1.23. The van der Waals surface area contributed by atoms with Gasteiger partial charge in [0.2, 0.25) is 5.78 Å². The number of ether oxygens (including phenoxy) is 2. The number of esters is 1. The number of phenolic OH excluding ortho intramolecular Hbond substituents is 2. The van der Waals surface area contributed by atoms with Gasteiger partial charge in [-0.2, -0.15) is 0 Å². The van der Waals surface area contributed by atoms with Crippen molar-refractivity contribution in [2.45, 2.75) is 31.9 Å². The largest absolute Gasteiger partial charge is 0.507 e. The lowest BCUT2D eigenvalue weighted by atomic mass is 10.0. The number of aromatic nitrogens is 2. The highest BCUT2D eigenvalue weighted by molar-refractivity contribution is 6.45. The molecule has 5 rings (SSSR count). The number of rotatable bonds is 14. The molecule has 1 atom stereocenters. The van der Waals surface area contributed by atoms with E-state index in [4.69, 9.17) is 60.9 Å². The standard InChI is InChI=1S/C37H32Cl4N4O7/c1-51-36(49)25(43-37(50)52-20-21-11-3-2-4-12-21)15-9-10-18-42-30(22-13-5-7-16-27(22)46)31-32(29(39)34(40)44-31)45-26(19-24(38)35(45)41)33(48)23-14-6-8-17-28(23)47/h2-8,11-14,16-17,19,25,44,46-47H,9-10,15,18,20H2,1H3,(H,43,50)/t25-/m0/s1. The van der Waals surface area contributed by atoms with Crippen LogP contribution in [-0.4, -0.2) is 63.0 Å². The minimum absolute atomic E-state index is 0.00677. The first kappa shape index (κ1) is 38.3. The van der Waals surface area contributed by atoms with E-state index in [1.165, 1.54) is 35.9 Å². The van der Waals surface area contributed by atoms with Gasteiger partial charge in [-0.3, -0.25) is 14.4 Å². The van der Waals surface area contributed by atoms with Gasteiger partial charge < -0.3 is 30.0 Å². The molecule has 0 aliphatic rings. The molecule has 5 aromatic rings. The number of nitrogens with zero attached hydrogens (tertiary/aromatic N) is 2. The molecule has 11 nitrogen and oxygen atoms in total. The number of para-hydroxylation sites is 2. The highest BCUT2D eigenvalue weighted by Gasteiger charge is 2.30. The van der Waals surface area contributed by atoms with Crippen LogP contribution in [0, 0.1) is 0 Å². The van der Waals surface area contributed by atoms with Crippen molar-refractivity contribution in [3.63, 3.8) is 0 Å². The van der Waals surface area contributed by atoms with Crippen molar-refractivity contribution in [2.75, 3.05) is 13.7 Å².